The molecule has 112 valence electrons. The maximum absolute atomic E-state index is 10.5. The molecular weight excluding hydrogens is 252 g/mol. The number of piperidine rings is 1. The molecule has 2 rings (SSSR count). The van der Waals surface area contributed by atoms with E-state index >= 15 is 0 Å². The normalized spacial score (nSPS) is 26.9. The molecule has 4 heteroatoms. The van der Waals surface area contributed by atoms with Gasteiger partial charge in [0.2, 0.25) is 0 Å². The fraction of sp³-hybridized carbons (Fsp3) is 0.688. The van der Waals surface area contributed by atoms with Crippen LogP contribution in [0.5, 0.6) is 0 Å². The summed E-state index contributed by atoms with van der Waals surface area (Å²) in [5.74, 6) is 0.935. The number of pyridine rings is 1. The van der Waals surface area contributed by atoms with Crippen LogP contribution in [-0.4, -0.2) is 41.0 Å². The van der Waals surface area contributed by atoms with Gasteiger partial charge < -0.3 is 15.1 Å². The van der Waals surface area contributed by atoms with E-state index in [2.05, 4.69) is 35.9 Å². The topological polar surface area (TPSA) is 56.6 Å². The smallest absolute Gasteiger partial charge is 0.129 e. The van der Waals surface area contributed by atoms with Crippen molar-refractivity contribution in [2.75, 3.05) is 24.6 Å². The highest BCUT2D eigenvalue weighted by Gasteiger charge is 2.41. The van der Waals surface area contributed by atoms with Crippen LogP contribution in [0.3, 0.4) is 0 Å². The average Bonchev–Trinajstić information content (AvgIpc) is 2.40. The third-order valence-electron chi connectivity index (χ3n) is 4.45. The Bertz CT molecular complexity index is 444. The predicted molar refractivity (Wildman–Crippen MR) is 81.0 cm³/mol. The number of aliphatic hydroxyl groups excluding tert-OH is 2. The summed E-state index contributed by atoms with van der Waals surface area (Å²) in [6.45, 7) is 7.61. The number of aliphatic hydroxyl groups is 2. The summed E-state index contributed by atoms with van der Waals surface area (Å²) in [5.41, 5.74) is 1.86. The van der Waals surface area contributed by atoms with Gasteiger partial charge in [0.25, 0.3) is 0 Å². The van der Waals surface area contributed by atoms with E-state index in [-0.39, 0.29) is 12.0 Å². The molecule has 0 spiro atoms. The molecule has 0 bridgehead atoms. The van der Waals surface area contributed by atoms with E-state index < -0.39 is 6.10 Å². The van der Waals surface area contributed by atoms with E-state index in [1.54, 1.807) is 0 Å². The van der Waals surface area contributed by atoms with Gasteiger partial charge in [-0.15, -0.1) is 0 Å². The van der Waals surface area contributed by atoms with Gasteiger partial charge in [0, 0.05) is 24.2 Å². The summed E-state index contributed by atoms with van der Waals surface area (Å²) in [7, 11) is 0. The number of hydrogen-bond donors (Lipinski definition) is 2. The molecule has 0 aliphatic carbocycles. The van der Waals surface area contributed by atoms with Crippen LogP contribution in [0.25, 0.3) is 0 Å². The fourth-order valence-corrected chi connectivity index (χ4v) is 3.26. The molecule has 0 unspecified atom stereocenters. The van der Waals surface area contributed by atoms with Crippen molar-refractivity contribution in [3.8, 4) is 0 Å². The third-order valence-corrected chi connectivity index (χ3v) is 4.45. The average molecular weight is 278 g/mol. The van der Waals surface area contributed by atoms with Crippen molar-refractivity contribution in [1.82, 2.24) is 4.98 Å². The first-order valence-electron chi connectivity index (χ1n) is 7.50. The van der Waals surface area contributed by atoms with Crippen LogP contribution in [-0.2, 0) is 0 Å². The number of rotatable bonds is 4. The first kappa shape index (κ1) is 15.3. The lowest BCUT2D eigenvalue weighted by Gasteiger charge is -2.45. The number of anilines is 1. The van der Waals surface area contributed by atoms with Gasteiger partial charge in [0.05, 0.1) is 12.7 Å². The van der Waals surface area contributed by atoms with Crippen molar-refractivity contribution in [3.05, 3.63) is 23.4 Å². The van der Waals surface area contributed by atoms with E-state index in [9.17, 15) is 10.2 Å². The van der Waals surface area contributed by atoms with Crippen LogP contribution in [0.1, 0.15) is 37.4 Å². The van der Waals surface area contributed by atoms with Gasteiger partial charge in [0.15, 0.2) is 0 Å². The molecule has 4 nitrogen and oxygen atoms in total. The van der Waals surface area contributed by atoms with Crippen molar-refractivity contribution in [3.63, 3.8) is 0 Å². The Balaban J connectivity index is 2.15. The van der Waals surface area contributed by atoms with E-state index in [0.29, 0.717) is 6.54 Å². The molecule has 0 aromatic carbocycles. The minimum atomic E-state index is -0.496. The molecule has 1 aromatic rings. The molecule has 2 heterocycles. The molecule has 1 saturated heterocycles. The number of nitrogens with zero attached hydrogens (tertiary/aromatic N) is 2. The molecule has 0 saturated carbocycles. The predicted octanol–water partition coefficient (Wildman–Crippen LogP) is 2.05. The highest BCUT2D eigenvalue weighted by Crippen LogP contribution is 2.37. The maximum atomic E-state index is 10.5. The minimum absolute atomic E-state index is 0.0656. The van der Waals surface area contributed by atoms with Crippen LogP contribution in [0.2, 0.25) is 0 Å². The van der Waals surface area contributed by atoms with Crippen LogP contribution < -0.4 is 4.90 Å². The molecule has 0 amide bonds. The highest BCUT2D eigenvalue weighted by atomic mass is 16.3. The molecule has 20 heavy (non-hydrogen) atoms. The molecule has 1 fully saturated rings. The zero-order valence-electron chi connectivity index (χ0n) is 12.8. The number of aromatic nitrogens is 1. The number of hydrogen-bond acceptors (Lipinski definition) is 4. The highest BCUT2D eigenvalue weighted by molar-refractivity contribution is 5.43. The summed E-state index contributed by atoms with van der Waals surface area (Å²) in [5, 5.41) is 20.2. The second-order valence-electron chi connectivity index (χ2n) is 6.13. The summed E-state index contributed by atoms with van der Waals surface area (Å²) in [6, 6.07) is 4.12. The first-order valence-corrected chi connectivity index (χ1v) is 7.50. The lowest BCUT2D eigenvalue weighted by Crippen LogP contribution is -2.53. The summed E-state index contributed by atoms with van der Waals surface area (Å²) in [4.78, 5) is 6.70. The summed E-state index contributed by atoms with van der Waals surface area (Å²) in [6.07, 6.45) is 2.18. The molecule has 2 N–H and O–H groups in total. The SMILES string of the molecule is CCC[C@]1(CO)CCN(c2cc(C)cc(C)n2)C[C@H]1O. The van der Waals surface area contributed by atoms with Gasteiger partial charge in [0.1, 0.15) is 5.82 Å². The van der Waals surface area contributed by atoms with Crippen molar-refractivity contribution in [1.29, 1.82) is 0 Å². The Hall–Kier alpha value is -1.13. The van der Waals surface area contributed by atoms with Gasteiger partial charge in [-0.3, -0.25) is 0 Å². The molecular formula is C16H26N2O2. The largest absolute Gasteiger partial charge is 0.396 e. The van der Waals surface area contributed by atoms with Crippen molar-refractivity contribution in [2.45, 2.75) is 46.1 Å². The van der Waals surface area contributed by atoms with Gasteiger partial charge in [-0.2, -0.15) is 0 Å². The van der Waals surface area contributed by atoms with Gasteiger partial charge in [-0.1, -0.05) is 13.3 Å². The number of aryl methyl sites for hydroxylation is 2. The van der Waals surface area contributed by atoms with E-state index in [1.165, 1.54) is 5.56 Å². The van der Waals surface area contributed by atoms with Crippen LogP contribution in [0.4, 0.5) is 5.82 Å². The second kappa shape index (κ2) is 6.10. The molecule has 0 radical (unpaired) electrons. The minimum Gasteiger partial charge on any atom is -0.396 e. The monoisotopic (exact) mass is 278 g/mol. The van der Waals surface area contributed by atoms with E-state index in [1.807, 2.05) is 6.92 Å². The Morgan fingerprint density at radius 1 is 1.40 bits per heavy atom. The molecule has 1 aliphatic rings. The molecule has 1 aromatic heterocycles. The van der Waals surface area contributed by atoms with Gasteiger partial charge in [-0.05, 0) is 44.4 Å². The second-order valence-corrected chi connectivity index (χ2v) is 6.13. The van der Waals surface area contributed by atoms with Crippen LogP contribution >= 0.6 is 0 Å². The van der Waals surface area contributed by atoms with Crippen LogP contribution in [0.15, 0.2) is 12.1 Å². The Morgan fingerprint density at radius 2 is 2.15 bits per heavy atom. The van der Waals surface area contributed by atoms with Gasteiger partial charge >= 0.3 is 0 Å². The number of β-amino-alcohol motifs (C(OH)–C–C–N with tert-alkyl or cyclic N) is 1. The lowest BCUT2D eigenvalue weighted by molar-refractivity contribution is -0.0372. The van der Waals surface area contributed by atoms with Crippen molar-refractivity contribution < 1.29 is 10.2 Å². The molecule has 2 atom stereocenters. The van der Waals surface area contributed by atoms with Crippen LogP contribution in [0, 0.1) is 19.3 Å². The zero-order valence-corrected chi connectivity index (χ0v) is 12.8. The quantitative estimate of drug-likeness (QED) is 0.885. The zero-order chi connectivity index (χ0) is 14.8. The van der Waals surface area contributed by atoms with Crippen molar-refractivity contribution >= 4 is 5.82 Å². The maximum Gasteiger partial charge on any atom is 0.129 e. The first-order chi connectivity index (χ1) is 9.50. The Morgan fingerprint density at radius 3 is 2.70 bits per heavy atom. The third kappa shape index (κ3) is 2.96. The summed E-state index contributed by atoms with van der Waals surface area (Å²) < 4.78 is 0. The lowest BCUT2D eigenvalue weighted by atomic mass is 9.73. The molecule has 1 aliphatic heterocycles. The summed E-state index contributed by atoms with van der Waals surface area (Å²) >= 11 is 0. The fourth-order valence-electron chi connectivity index (χ4n) is 3.26. The van der Waals surface area contributed by atoms with E-state index in [0.717, 1.165) is 37.3 Å². The Kier molecular flexibility index (Phi) is 4.66. The Labute approximate surface area is 121 Å². The standard InChI is InChI=1S/C16H26N2O2/c1-4-5-16(11-19)6-7-18(10-14(16)20)15-9-12(2)8-13(3)17-15/h8-9,14,19-20H,4-7,10-11H2,1-3H3/t14-,16-/m1/s1. The van der Waals surface area contributed by atoms with E-state index in [4.69, 9.17) is 0 Å². The van der Waals surface area contributed by atoms with Gasteiger partial charge in [-0.25, -0.2) is 4.98 Å². The van der Waals surface area contributed by atoms with Crippen molar-refractivity contribution in [2.24, 2.45) is 5.41 Å².